The molecule has 0 aliphatic rings. The highest BCUT2D eigenvalue weighted by molar-refractivity contribution is 7.89. The van der Waals surface area contributed by atoms with Crippen molar-refractivity contribution < 1.29 is 26.7 Å². The molecule has 2 N–H and O–H groups in total. The Morgan fingerprint density at radius 2 is 1.85 bits per heavy atom. The Hall–Kier alpha value is -2.52. The van der Waals surface area contributed by atoms with Gasteiger partial charge in [-0.25, -0.2) is 21.9 Å². The molecule has 2 aromatic carbocycles. The van der Waals surface area contributed by atoms with Crippen LogP contribution in [-0.2, 0) is 14.8 Å². The van der Waals surface area contributed by atoms with Crippen molar-refractivity contribution in [1.82, 2.24) is 4.72 Å². The standard InChI is InChI=1S/C18H20F2N2O4S/c1-3-8-21-27(24,25)14-5-7-17(12(2)9-14)26-11-18(23)22-13-4-6-15(19)16(20)10-13/h4-7,9-10,21H,3,8,11H2,1-2H3,(H,22,23). The number of ether oxygens (including phenoxy) is 1. The molecule has 2 aromatic rings. The monoisotopic (exact) mass is 398 g/mol. The molecule has 0 aliphatic heterocycles. The van der Waals surface area contributed by atoms with Crippen molar-refractivity contribution in [3.8, 4) is 5.75 Å². The molecule has 0 fully saturated rings. The number of carbonyl (C=O) groups is 1. The van der Waals surface area contributed by atoms with Gasteiger partial charge in [-0.05, 0) is 49.2 Å². The first-order chi connectivity index (χ1) is 12.7. The fraction of sp³-hybridized carbons (Fsp3) is 0.278. The summed E-state index contributed by atoms with van der Waals surface area (Å²) in [6.07, 6.45) is 0.673. The molecule has 146 valence electrons. The van der Waals surface area contributed by atoms with Crippen LogP contribution in [0.5, 0.6) is 5.75 Å². The zero-order valence-corrected chi connectivity index (χ0v) is 15.7. The van der Waals surface area contributed by atoms with Crippen molar-refractivity contribution in [1.29, 1.82) is 0 Å². The highest BCUT2D eigenvalue weighted by Crippen LogP contribution is 2.22. The lowest BCUT2D eigenvalue weighted by Gasteiger charge is -2.12. The van der Waals surface area contributed by atoms with E-state index in [1.54, 1.807) is 6.92 Å². The number of nitrogens with one attached hydrogen (secondary N) is 2. The molecule has 0 radical (unpaired) electrons. The minimum Gasteiger partial charge on any atom is -0.483 e. The molecular formula is C18H20F2N2O4S. The summed E-state index contributed by atoms with van der Waals surface area (Å²) in [6, 6.07) is 7.28. The van der Waals surface area contributed by atoms with Gasteiger partial charge in [-0.1, -0.05) is 6.92 Å². The van der Waals surface area contributed by atoms with E-state index >= 15 is 0 Å². The number of rotatable bonds is 8. The Labute approximate surface area is 156 Å². The van der Waals surface area contributed by atoms with Gasteiger partial charge in [0.05, 0.1) is 4.90 Å². The summed E-state index contributed by atoms with van der Waals surface area (Å²) >= 11 is 0. The van der Waals surface area contributed by atoms with Crippen molar-refractivity contribution >= 4 is 21.6 Å². The second kappa shape index (κ2) is 8.92. The number of anilines is 1. The Morgan fingerprint density at radius 3 is 2.48 bits per heavy atom. The zero-order chi connectivity index (χ0) is 20.0. The smallest absolute Gasteiger partial charge is 0.262 e. The van der Waals surface area contributed by atoms with Gasteiger partial charge in [-0.15, -0.1) is 0 Å². The second-order valence-corrected chi connectivity index (χ2v) is 7.56. The fourth-order valence-electron chi connectivity index (χ4n) is 2.19. The molecule has 0 saturated carbocycles. The van der Waals surface area contributed by atoms with Crippen LogP contribution in [0.15, 0.2) is 41.3 Å². The molecule has 0 atom stereocenters. The predicted molar refractivity (Wildman–Crippen MR) is 97.1 cm³/mol. The number of hydrogen-bond acceptors (Lipinski definition) is 4. The lowest BCUT2D eigenvalue weighted by atomic mass is 10.2. The molecule has 0 heterocycles. The zero-order valence-electron chi connectivity index (χ0n) is 14.9. The third kappa shape index (κ3) is 5.73. The van der Waals surface area contributed by atoms with Crippen LogP contribution in [0.4, 0.5) is 14.5 Å². The van der Waals surface area contributed by atoms with E-state index in [0.717, 1.165) is 12.1 Å². The minimum atomic E-state index is -3.59. The van der Waals surface area contributed by atoms with Crippen molar-refractivity contribution in [3.63, 3.8) is 0 Å². The number of carbonyl (C=O) groups excluding carboxylic acids is 1. The predicted octanol–water partition coefficient (Wildman–Crippen LogP) is 2.98. The summed E-state index contributed by atoms with van der Waals surface area (Å²) < 4.78 is 58.1. The largest absolute Gasteiger partial charge is 0.483 e. The van der Waals surface area contributed by atoms with Crippen LogP contribution in [0.25, 0.3) is 0 Å². The molecule has 1 amide bonds. The lowest BCUT2D eigenvalue weighted by Crippen LogP contribution is -2.24. The van der Waals surface area contributed by atoms with E-state index in [4.69, 9.17) is 4.74 Å². The number of halogens is 2. The topological polar surface area (TPSA) is 84.5 Å². The third-order valence-corrected chi connectivity index (χ3v) is 5.02. The average molecular weight is 398 g/mol. The quantitative estimate of drug-likeness (QED) is 0.716. The molecule has 9 heteroatoms. The normalized spacial score (nSPS) is 11.3. The molecule has 2 rings (SSSR count). The van der Waals surface area contributed by atoms with E-state index in [1.165, 1.54) is 24.3 Å². The van der Waals surface area contributed by atoms with Gasteiger partial charge in [0, 0.05) is 18.3 Å². The second-order valence-electron chi connectivity index (χ2n) is 5.79. The van der Waals surface area contributed by atoms with E-state index in [1.807, 2.05) is 6.92 Å². The Balaban J connectivity index is 1.99. The van der Waals surface area contributed by atoms with E-state index in [9.17, 15) is 22.0 Å². The van der Waals surface area contributed by atoms with Crippen LogP contribution >= 0.6 is 0 Å². The van der Waals surface area contributed by atoms with Gasteiger partial charge in [0.2, 0.25) is 10.0 Å². The minimum absolute atomic E-state index is 0.0997. The van der Waals surface area contributed by atoms with Crippen LogP contribution < -0.4 is 14.8 Å². The maximum atomic E-state index is 13.1. The van der Waals surface area contributed by atoms with Crippen LogP contribution in [0.3, 0.4) is 0 Å². The van der Waals surface area contributed by atoms with E-state index in [-0.39, 0.29) is 17.2 Å². The van der Waals surface area contributed by atoms with Crippen LogP contribution in [0.2, 0.25) is 0 Å². The van der Waals surface area contributed by atoms with Crippen LogP contribution in [0.1, 0.15) is 18.9 Å². The van der Waals surface area contributed by atoms with E-state index in [0.29, 0.717) is 24.3 Å². The van der Waals surface area contributed by atoms with Crippen molar-refractivity contribution in [2.45, 2.75) is 25.2 Å². The van der Waals surface area contributed by atoms with E-state index in [2.05, 4.69) is 10.0 Å². The Morgan fingerprint density at radius 1 is 1.11 bits per heavy atom. The number of aryl methyl sites for hydroxylation is 1. The van der Waals surface area contributed by atoms with Gasteiger partial charge in [0.1, 0.15) is 5.75 Å². The summed E-state index contributed by atoms with van der Waals surface area (Å²) in [6.45, 7) is 3.47. The lowest BCUT2D eigenvalue weighted by molar-refractivity contribution is -0.118. The van der Waals surface area contributed by atoms with E-state index < -0.39 is 27.6 Å². The van der Waals surface area contributed by atoms with Crippen molar-refractivity contribution in [3.05, 3.63) is 53.6 Å². The maximum Gasteiger partial charge on any atom is 0.262 e. The summed E-state index contributed by atoms with van der Waals surface area (Å²) in [7, 11) is -3.59. The molecule has 27 heavy (non-hydrogen) atoms. The van der Waals surface area contributed by atoms with Gasteiger partial charge >= 0.3 is 0 Å². The number of sulfonamides is 1. The molecule has 0 saturated heterocycles. The summed E-state index contributed by atoms with van der Waals surface area (Å²) in [5.74, 6) is -2.31. The molecule has 0 bridgehead atoms. The van der Waals surface area contributed by atoms with Crippen molar-refractivity contribution in [2.24, 2.45) is 0 Å². The van der Waals surface area contributed by atoms with Gasteiger partial charge in [0.25, 0.3) is 5.91 Å². The van der Waals surface area contributed by atoms with Crippen LogP contribution in [0, 0.1) is 18.6 Å². The molecular weight excluding hydrogens is 378 g/mol. The average Bonchev–Trinajstić information content (AvgIpc) is 2.62. The molecule has 0 spiro atoms. The SMILES string of the molecule is CCCNS(=O)(=O)c1ccc(OCC(=O)Nc2ccc(F)c(F)c2)c(C)c1. The van der Waals surface area contributed by atoms with Gasteiger partial charge in [-0.3, -0.25) is 4.79 Å². The summed E-state index contributed by atoms with van der Waals surface area (Å²) in [4.78, 5) is 12.0. The molecule has 0 aliphatic carbocycles. The van der Waals surface area contributed by atoms with Crippen molar-refractivity contribution in [2.75, 3.05) is 18.5 Å². The third-order valence-electron chi connectivity index (χ3n) is 3.56. The number of benzene rings is 2. The number of amides is 1. The summed E-state index contributed by atoms with van der Waals surface area (Å²) in [5.41, 5.74) is 0.637. The molecule has 0 unspecified atom stereocenters. The first-order valence-corrected chi connectivity index (χ1v) is 9.69. The van der Waals surface area contributed by atoms with Gasteiger partial charge in [-0.2, -0.15) is 0 Å². The molecule has 6 nitrogen and oxygen atoms in total. The summed E-state index contributed by atoms with van der Waals surface area (Å²) in [5, 5.41) is 2.38. The molecule has 0 aromatic heterocycles. The number of hydrogen-bond donors (Lipinski definition) is 2. The fourth-order valence-corrected chi connectivity index (χ4v) is 3.40. The van der Waals surface area contributed by atoms with Gasteiger partial charge < -0.3 is 10.1 Å². The first kappa shape index (κ1) is 20.8. The van der Waals surface area contributed by atoms with Crippen LogP contribution in [-0.4, -0.2) is 27.5 Å². The Kier molecular flexibility index (Phi) is 6.86. The Bertz CT molecular complexity index is 933. The highest BCUT2D eigenvalue weighted by Gasteiger charge is 2.15. The maximum absolute atomic E-state index is 13.1. The van der Waals surface area contributed by atoms with Gasteiger partial charge in [0.15, 0.2) is 18.2 Å². The highest BCUT2D eigenvalue weighted by atomic mass is 32.2. The first-order valence-electron chi connectivity index (χ1n) is 8.21.